The fourth-order valence-corrected chi connectivity index (χ4v) is 4.02. The predicted molar refractivity (Wildman–Crippen MR) is 110 cm³/mol. The van der Waals surface area contributed by atoms with Crippen molar-refractivity contribution in [3.63, 3.8) is 0 Å². The molecule has 1 fully saturated rings. The molecule has 24 heavy (non-hydrogen) atoms. The minimum absolute atomic E-state index is 0.0781. The summed E-state index contributed by atoms with van der Waals surface area (Å²) >= 11 is 6.86. The van der Waals surface area contributed by atoms with Crippen molar-refractivity contribution in [1.82, 2.24) is 4.90 Å². The highest BCUT2D eigenvalue weighted by molar-refractivity contribution is 14.1. The average molecular weight is 517 g/mol. The molecule has 124 valence electrons. The Balaban J connectivity index is 1.92. The lowest BCUT2D eigenvalue weighted by Crippen LogP contribution is -2.23. The van der Waals surface area contributed by atoms with Crippen molar-refractivity contribution < 1.29 is 9.21 Å². The summed E-state index contributed by atoms with van der Waals surface area (Å²) in [6.45, 7) is 4.07. The number of hydrogen-bond acceptors (Lipinski definition) is 4. The molecule has 1 saturated heterocycles. The Kier molecular flexibility index (Phi) is 5.22. The molecule has 0 unspecified atom stereocenters. The molecule has 2 heterocycles. The predicted octanol–water partition coefficient (Wildman–Crippen LogP) is 5.50. The summed E-state index contributed by atoms with van der Waals surface area (Å²) in [5.74, 6) is 0.564. The fraction of sp³-hybridized carbons (Fsp3) is 0.176. The number of carbonyl (C=O) groups is 1. The molecule has 1 aliphatic heterocycles. The van der Waals surface area contributed by atoms with Crippen LogP contribution in [0.15, 0.2) is 43.1 Å². The van der Waals surface area contributed by atoms with Crippen LogP contribution in [0.3, 0.4) is 0 Å². The van der Waals surface area contributed by atoms with Crippen molar-refractivity contribution >= 4 is 73.1 Å². The largest absolute Gasteiger partial charge is 0.450 e. The number of aliphatic imine (C=N–C) groups is 1. The minimum atomic E-state index is -0.0781. The summed E-state index contributed by atoms with van der Waals surface area (Å²) < 4.78 is 7.22. The molecule has 0 bridgehead atoms. The summed E-state index contributed by atoms with van der Waals surface area (Å²) in [5, 5.41) is 0.663. The molecule has 0 spiro atoms. The van der Waals surface area contributed by atoms with E-state index in [1.165, 1.54) is 11.8 Å². The Bertz CT molecular complexity index is 849. The maximum atomic E-state index is 12.4. The molecule has 1 aliphatic rings. The number of thioether (sulfide) groups is 1. The molecule has 4 nitrogen and oxygen atoms in total. The maximum Gasteiger partial charge on any atom is 0.266 e. The normalized spacial score (nSPS) is 18.2. The zero-order valence-corrected chi connectivity index (χ0v) is 17.8. The lowest BCUT2D eigenvalue weighted by Gasteiger charge is -2.07. The van der Waals surface area contributed by atoms with Crippen molar-refractivity contribution in [3.05, 3.63) is 54.3 Å². The van der Waals surface area contributed by atoms with Gasteiger partial charge in [0, 0.05) is 35.7 Å². The van der Waals surface area contributed by atoms with Gasteiger partial charge in [-0.3, -0.25) is 9.69 Å². The summed E-state index contributed by atoms with van der Waals surface area (Å²) in [5.41, 5.74) is 3.15. The number of hydrogen-bond donors (Lipinski definition) is 0. The molecule has 1 aromatic carbocycles. The van der Waals surface area contributed by atoms with Gasteiger partial charge in [-0.1, -0.05) is 6.07 Å². The van der Waals surface area contributed by atoms with E-state index in [1.54, 1.807) is 18.0 Å². The number of carbonyl (C=O) groups excluding carboxylic acids is 1. The van der Waals surface area contributed by atoms with Gasteiger partial charge in [0.25, 0.3) is 5.91 Å². The number of aryl methyl sites for hydroxylation is 2. The number of amides is 1. The fourth-order valence-electron chi connectivity index (χ4n) is 2.34. The van der Waals surface area contributed by atoms with E-state index in [2.05, 4.69) is 49.6 Å². The monoisotopic (exact) mass is 516 g/mol. The van der Waals surface area contributed by atoms with Crippen molar-refractivity contribution in [2.75, 3.05) is 7.05 Å². The number of likely N-dealkylation sites (N-methyl/N-ethyl adjacent to an activating group) is 1. The molecule has 0 radical (unpaired) electrons. The van der Waals surface area contributed by atoms with Crippen LogP contribution < -0.4 is 0 Å². The van der Waals surface area contributed by atoms with E-state index in [9.17, 15) is 4.79 Å². The Hall–Kier alpha value is -1.06. The first-order chi connectivity index (χ1) is 11.3. The van der Waals surface area contributed by atoms with E-state index in [0.717, 1.165) is 25.1 Å². The minimum Gasteiger partial charge on any atom is -0.450 e. The Morgan fingerprint density at radius 2 is 1.92 bits per heavy atom. The van der Waals surface area contributed by atoms with Crippen LogP contribution in [0.5, 0.6) is 0 Å². The van der Waals surface area contributed by atoms with E-state index < -0.39 is 0 Å². The van der Waals surface area contributed by atoms with E-state index >= 15 is 0 Å². The molecule has 7 heteroatoms. The third kappa shape index (κ3) is 3.78. The number of rotatable bonds is 2. The van der Waals surface area contributed by atoms with E-state index in [-0.39, 0.29) is 5.91 Å². The topological polar surface area (TPSA) is 45.8 Å². The quantitative estimate of drug-likeness (QED) is 0.391. The van der Waals surface area contributed by atoms with Gasteiger partial charge in [-0.25, -0.2) is 4.99 Å². The van der Waals surface area contributed by atoms with Crippen molar-refractivity contribution in [1.29, 1.82) is 0 Å². The van der Waals surface area contributed by atoms with Gasteiger partial charge in [-0.05, 0) is 70.9 Å². The van der Waals surface area contributed by atoms with Crippen molar-refractivity contribution in [2.24, 2.45) is 4.99 Å². The smallest absolute Gasteiger partial charge is 0.266 e. The molecule has 0 N–H and O–H groups in total. The van der Waals surface area contributed by atoms with Crippen LogP contribution in [0.4, 0.5) is 5.69 Å². The van der Waals surface area contributed by atoms with E-state index in [4.69, 9.17) is 4.42 Å². The van der Waals surface area contributed by atoms with E-state index in [0.29, 0.717) is 15.8 Å². The maximum absolute atomic E-state index is 12.4. The van der Waals surface area contributed by atoms with Gasteiger partial charge in [-0.2, -0.15) is 0 Å². The zero-order chi connectivity index (χ0) is 17.4. The number of halogens is 2. The van der Waals surface area contributed by atoms with Crippen LogP contribution in [0.25, 0.3) is 6.08 Å². The molecular formula is C17H14BrIN2O2S. The highest BCUT2D eigenvalue weighted by Gasteiger charge is 2.30. The first-order valence-electron chi connectivity index (χ1n) is 7.13. The van der Waals surface area contributed by atoms with E-state index in [1.807, 2.05) is 32.0 Å². The molecule has 1 aromatic heterocycles. The number of nitrogens with zero attached hydrogens (tertiary/aromatic N) is 2. The van der Waals surface area contributed by atoms with Gasteiger partial charge in [0.2, 0.25) is 0 Å². The average Bonchev–Trinajstić information content (AvgIpc) is 2.93. The van der Waals surface area contributed by atoms with Crippen LogP contribution >= 0.6 is 50.3 Å². The number of furan rings is 1. The zero-order valence-electron chi connectivity index (χ0n) is 13.3. The molecule has 0 aliphatic carbocycles. The standard InChI is InChI=1S/C17H14BrIN2O2S/c1-9-4-10(2)6-11(5-9)20-17-21(3)16(22)14(24-17)8-12-7-13(18)15(19)23-12/h4-8H,1-3H3/b14-8-,20-17?. The van der Waals surface area contributed by atoms with Gasteiger partial charge < -0.3 is 4.42 Å². The second-order valence-corrected chi connectivity index (χ2v) is 8.33. The van der Waals surface area contributed by atoms with Gasteiger partial charge in [0.05, 0.1) is 15.1 Å². The Morgan fingerprint density at radius 1 is 1.25 bits per heavy atom. The second kappa shape index (κ2) is 7.05. The van der Waals surface area contributed by atoms with Gasteiger partial charge in [-0.15, -0.1) is 0 Å². The van der Waals surface area contributed by atoms with Gasteiger partial charge in [0.15, 0.2) is 8.93 Å². The number of amidine groups is 1. The Labute approximate surface area is 166 Å². The van der Waals surface area contributed by atoms with Gasteiger partial charge >= 0.3 is 0 Å². The summed E-state index contributed by atoms with van der Waals surface area (Å²) in [6, 6.07) is 7.96. The van der Waals surface area contributed by atoms with Crippen LogP contribution in [0.2, 0.25) is 0 Å². The second-order valence-electron chi connectivity index (χ2n) is 5.49. The SMILES string of the molecule is Cc1cc(C)cc(N=C2S/C(=C\c3cc(Br)c(I)o3)C(=O)N2C)c1. The molecule has 2 aromatic rings. The lowest BCUT2D eigenvalue weighted by molar-refractivity contribution is -0.121. The molecule has 3 rings (SSSR count). The summed E-state index contributed by atoms with van der Waals surface area (Å²) in [6.07, 6.45) is 1.75. The first-order valence-corrected chi connectivity index (χ1v) is 9.82. The first kappa shape index (κ1) is 17.8. The summed E-state index contributed by atoms with van der Waals surface area (Å²) in [4.78, 5) is 19.2. The number of benzene rings is 1. The molecule has 0 saturated carbocycles. The van der Waals surface area contributed by atoms with Crippen molar-refractivity contribution in [2.45, 2.75) is 13.8 Å². The van der Waals surface area contributed by atoms with Crippen LogP contribution in [0, 0.1) is 17.6 Å². The van der Waals surface area contributed by atoms with Crippen LogP contribution in [0.1, 0.15) is 16.9 Å². The molecular weight excluding hydrogens is 503 g/mol. The Morgan fingerprint density at radius 3 is 2.50 bits per heavy atom. The van der Waals surface area contributed by atoms with Gasteiger partial charge in [0.1, 0.15) is 5.76 Å². The third-order valence-corrected chi connectivity index (χ3v) is 6.56. The van der Waals surface area contributed by atoms with Crippen molar-refractivity contribution in [3.8, 4) is 0 Å². The lowest BCUT2D eigenvalue weighted by atomic mass is 10.1. The van der Waals surface area contributed by atoms with Crippen LogP contribution in [-0.4, -0.2) is 23.0 Å². The molecule has 1 amide bonds. The highest BCUT2D eigenvalue weighted by atomic mass is 127. The molecule has 0 atom stereocenters. The van der Waals surface area contributed by atoms with Crippen LogP contribution in [-0.2, 0) is 4.79 Å². The summed E-state index contributed by atoms with van der Waals surface area (Å²) in [7, 11) is 1.74. The highest BCUT2D eigenvalue weighted by Crippen LogP contribution is 2.34. The third-order valence-electron chi connectivity index (χ3n) is 3.37.